The molecule has 0 saturated carbocycles. The fourth-order valence-electron chi connectivity index (χ4n) is 2.96. The quantitative estimate of drug-likeness (QED) is 0.370. The monoisotopic (exact) mass is 417 g/mol. The van der Waals surface area contributed by atoms with Gasteiger partial charge in [0, 0.05) is 28.3 Å². The number of hydrogen-bond donors (Lipinski definition) is 1. The zero-order chi connectivity index (χ0) is 20.4. The van der Waals surface area contributed by atoms with Gasteiger partial charge in [0.2, 0.25) is 0 Å². The zero-order valence-corrected chi connectivity index (χ0v) is 17.3. The van der Waals surface area contributed by atoms with E-state index >= 15 is 0 Å². The number of aliphatic imine (C=N–C) groups is 2. The van der Waals surface area contributed by atoms with E-state index in [9.17, 15) is 0 Å². The summed E-state index contributed by atoms with van der Waals surface area (Å²) >= 11 is 1.82. The van der Waals surface area contributed by atoms with Crippen LogP contribution in [0.25, 0.3) is 0 Å². The normalized spacial score (nSPS) is 14.5. The average molecular weight is 418 g/mol. The van der Waals surface area contributed by atoms with Crippen molar-refractivity contribution in [2.45, 2.75) is 22.8 Å². The Bertz CT molecular complexity index is 941. The van der Waals surface area contributed by atoms with E-state index in [1.54, 1.807) is 0 Å². The Kier molecular flexibility index (Phi) is 7.02. The van der Waals surface area contributed by atoms with Crippen molar-refractivity contribution in [1.29, 1.82) is 0 Å². The van der Waals surface area contributed by atoms with Gasteiger partial charge in [-0.25, -0.2) is 4.99 Å². The number of para-hydroxylation sites is 3. The molecule has 0 atom stereocenters. The first-order chi connectivity index (χ1) is 14.9. The van der Waals surface area contributed by atoms with Crippen molar-refractivity contribution in [3.8, 4) is 0 Å². The maximum absolute atomic E-state index is 5.00. The lowest BCUT2D eigenvalue weighted by Gasteiger charge is -2.19. The summed E-state index contributed by atoms with van der Waals surface area (Å²) < 4.78 is 9.78. The second-order valence-electron chi connectivity index (χ2n) is 6.63. The molecule has 0 fully saturated rings. The SMILES string of the molecule is C1=NCCCO1.C1=Nc2ccccc2CO1.c1ccc2c(c1)Nc1ccccc1S2. The second kappa shape index (κ2) is 10.5. The van der Waals surface area contributed by atoms with Crippen LogP contribution < -0.4 is 5.32 Å². The summed E-state index contributed by atoms with van der Waals surface area (Å²) in [5, 5.41) is 3.42. The van der Waals surface area contributed by atoms with Crippen LogP contribution in [0, 0.1) is 0 Å². The summed E-state index contributed by atoms with van der Waals surface area (Å²) in [5.41, 5.74) is 4.59. The number of fused-ring (bicyclic) bond motifs is 3. The van der Waals surface area contributed by atoms with Crippen LogP contribution in [0.1, 0.15) is 12.0 Å². The van der Waals surface area contributed by atoms with Crippen LogP contribution in [0.5, 0.6) is 0 Å². The van der Waals surface area contributed by atoms with Crippen LogP contribution in [0.15, 0.2) is 92.6 Å². The van der Waals surface area contributed by atoms with Gasteiger partial charge in [-0.15, -0.1) is 0 Å². The maximum Gasteiger partial charge on any atom is 0.175 e. The molecule has 3 aliphatic heterocycles. The minimum Gasteiger partial charge on any atom is -0.483 e. The number of nitrogens with one attached hydrogen (secondary N) is 1. The topological polar surface area (TPSA) is 55.2 Å². The van der Waals surface area contributed by atoms with Gasteiger partial charge in [0.05, 0.1) is 23.7 Å². The second-order valence-corrected chi connectivity index (χ2v) is 7.71. The predicted octanol–water partition coefficient (Wildman–Crippen LogP) is 6.21. The van der Waals surface area contributed by atoms with Crippen molar-refractivity contribution in [3.63, 3.8) is 0 Å². The lowest BCUT2D eigenvalue weighted by molar-refractivity contribution is 0.298. The van der Waals surface area contributed by atoms with Gasteiger partial charge in [0.25, 0.3) is 0 Å². The minimum absolute atomic E-state index is 0.652. The highest BCUT2D eigenvalue weighted by Gasteiger charge is 2.13. The number of rotatable bonds is 0. The van der Waals surface area contributed by atoms with Crippen LogP contribution in [-0.4, -0.2) is 26.0 Å². The molecule has 1 N–H and O–H groups in total. The van der Waals surface area contributed by atoms with Gasteiger partial charge in [0.1, 0.15) is 6.61 Å². The summed E-state index contributed by atoms with van der Waals surface area (Å²) in [7, 11) is 0. The van der Waals surface area contributed by atoms with Crippen molar-refractivity contribution in [1.82, 2.24) is 0 Å². The van der Waals surface area contributed by atoms with Gasteiger partial charge in [-0.2, -0.15) is 0 Å². The lowest BCUT2D eigenvalue weighted by Crippen LogP contribution is -2.00. The smallest absolute Gasteiger partial charge is 0.175 e. The van der Waals surface area contributed by atoms with Crippen molar-refractivity contribution in [3.05, 3.63) is 78.4 Å². The minimum atomic E-state index is 0.652. The molecule has 3 aromatic carbocycles. The molecule has 0 spiro atoms. The van der Waals surface area contributed by atoms with E-state index in [-0.39, 0.29) is 0 Å². The van der Waals surface area contributed by atoms with Crippen LogP contribution in [0.2, 0.25) is 0 Å². The van der Waals surface area contributed by atoms with Gasteiger partial charge in [-0.1, -0.05) is 54.2 Å². The summed E-state index contributed by atoms with van der Waals surface area (Å²) in [6, 6.07) is 24.7. The fourth-order valence-corrected chi connectivity index (χ4v) is 3.95. The number of hydrogen-bond acceptors (Lipinski definition) is 6. The standard InChI is InChI=1S/C12H9NS.C8H7NO.C4H7NO/c1-3-7-11-9(5-1)13-10-6-2-4-8-12(10)14-11;1-2-4-8-7(3-1)5-10-6-9-8;1-2-5-4-6-3-1/h1-8,13H;1-4,6H,5H2;4H,1-3H2. The van der Waals surface area contributed by atoms with Crippen molar-refractivity contribution in [2.24, 2.45) is 9.98 Å². The Morgan fingerprint density at radius 2 is 1.47 bits per heavy atom. The van der Waals surface area contributed by atoms with E-state index in [4.69, 9.17) is 9.47 Å². The first kappa shape index (κ1) is 20.0. The third-order valence-corrected chi connectivity index (χ3v) is 5.61. The largest absolute Gasteiger partial charge is 0.483 e. The zero-order valence-electron chi connectivity index (χ0n) is 16.5. The van der Waals surface area contributed by atoms with Crippen molar-refractivity contribution in [2.75, 3.05) is 18.5 Å². The Balaban J connectivity index is 0.000000119. The molecule has 0 unspecified atom stereocenters. The first-order valence-corrected chi connectivity index (χ1v) is 10.7. The van der Waals surface area contributed by atoms with E-state index in [0.717, 1.165) is 30.8 Å². The lowest BCUT2D eigenvalue weighted by atomic mass is 10.2. The van der Waals surface area contributed by atoms with Crippen LogP contribution >= 0.6 is 11.8 Å². The first-order valence-electron chi connectivity index (χ1n) is 9.85. The van der Waals surface area contributed by atoms with E-state index in [0.29, 0.717) is 6.61 Å². The summed E-state index contributed by atoms with van der Waals surface area (Å²) in [4.78, 5) is 10.5. The maximum atomic E-state index is 5.00. The number of benzene rings is 3. The van der Waals surface area contributed by atoms with Gasteiger partial charge < -0.3 is 14.8 Å². The third kappa shape index (κ3) is 5.42. The van der Waals surface area contributed by atoms with E-state index in [1.165, 1.54) is 34.0 Å². The molecule has 5 nitrogen and oxygen atoms in total. The molecule has 0 aliphatic carbocycles. The average Bonchev–Trinajstić information content (AvgIpc) is 2.85. The molecular weight excluding hydrogens is 394 g/mol. The third-order valence-electron chi connectivity index (χ3n) is 4.46. The highest BCUT2D eigenvalue weighted by molar-refractivity contribution is 7.99. The summed E-state index contributed by atoms with van der Waals surface area (Å²) in [6.45, 7) is 2.45. The fraction of sp³-hybridized carbons (Fsp3) is 0.167. The molecule has 3 heterocycles. The van der Waals surface area contributed by atoms with E-state index < -0.39 is 0 Å². The Hall–Kier alpha value is -3.25. The Labute approximate surface area is 180 Å². The molecule has 0 bridgehead atoms. The molecule has 0 saturated heterocycles. The highest BCUT2D eigenvalue weighted by Crippen LogP contribution is 2.43. The molecule has 3 aliphatic rings. The molecule has 0 aromatic heterocycles. The Morgan fingerprint density at radius 1 is 0.767 bits per heavy atom. The molecule has 6 rings (SSSR count). The van der Waals surface area contributed by atoms with Gasteiger partial charge in [0.15, 0.2) is 12.8 Å². The Morgan fingerprint density at radius 3 is 2.07 bits per heavy atom. The highest BCUT2D eigenvalue weighted by atomic mass is 32.2. The molecule has 0 amide bonds. The summed E-state index contributed by atoms with van der Waals surface area (Å²) in [5.74, 6) is 0. The van der Waals surface area contributed by atoms with E-state index in [1.807, 2.05) is 36.0 Å². The molecule has 152 valence electrons. The molecular formula is C24H23N3O2S. The summed E-state index contributed by atoms with van der Waals surface area (Å²) in [6.07, 6.45) is 4.09. The van der Waals surface area contributed by atoms with Gasteiger partial charge in [-0.3, -0.25) is 4.99 Å². The molecule has 3 aromatic rings. The predicted molar refractivity (Wildman–Crippen MR) is 124 cm³/mol. The van der Waals surface area contributed by atoms with Crippen LogP contribution in [-0.2, 0) is 16.1 Å². The molecule has 6 heteroatoms. The molecule has 0 radical (unpaired) electrons. The van der Waals surface area contributed by atoms with Gasteiger partial charge in [-0.05, 0) is 30.3 Å². The number of ether oxygens (including phenoxy) is 2. The van der Waals surface area contributed by atoms with E-state index in [2.05, 4.69) is 63.8 Å². The van der Waals surface area contributed by atoms with Crippen molar-refractivity contribution >= 4 is 41.6 Å². The molecule has 30 heavy (non-hydrogen) atoms. The van der Waals surface area contributed by atoms with Crippen LogP contribution in [0.3, 0.4) is 0 Å². The van der Waals surface area contributed by atoms with Gasteiger partial charge >= 0.3 is 0 Å². The number of anilines is 2. The van der Waals surface area contributed by atoms with Crippen molar-refractivity contribution < 1.29 is 9.47 Å². The van der Waals surface area contributed by atoms with Crippen LogP contribution in [0.4, 0.5) is 17.1 Å². The number of nitrogens with zero attached hydrogens (tertiary/aromatic N) is 2.